The van der Waals surface area contributed by atoms with Crippen molar-refractivity contribution in [3.63, 3.8) is 0 Å². The summed E-state index contributed by atoms with van der Waals surface area (Å²) in [4.78, 5) is 2.05. The first kappa shape index (κ1) is 10.3. The predicted molar refractivity (Wildman–Crippen MR) is 55.4 cm³/mol. The van der Waals surface area contributed by atoms with Crippen molar-refractivity contribution in [3.05, 3.63) is 10.6 Å². The van der Waals surface area contributed by atoms with Gasteiger partial charge in [0, 0.05) is 17.9 Å². The minimum absolute atomic E-state index is 0.221. The first-order valence-electron chi connectivity index (χ1n) is 4.48. The SMILES string of the molecule is CCO[C@H]1[C@H](C)/C(=C/Br)C1(C)C. The summed E-state index contributed by atoms with van der Waals surface area (Å²) >= 11 is 3.40. The Morgan fingerprint density at radius 3 is 2.50 bits per heavy atom. The van der Waals surface area contributed by atoms with E-state index in [9.17, 15) is 0 Å². The Bertz CT molecular complexity index is 196. The van der Waals surface area contributed by atoms with Crippen molar-refractivity contribution in [2.45, 2.75) is 33.8 Å². The molecule has 70 valence electrons. The lowest BCUT2D eigenvalue weighted by Crippen LogP contribution is -2.51. The minimum atomic E-state index is 0.221. The van der Waals surface area contributed by atoms with E-state index in [4.69, 9.17) is 4.74 Å². The molecule has 1 fully saturated rings. The van der Waals surface area contributed by atoms with E-state index in [1.54, 1.807) is 0 Å². The third-order valence-electron chi connectivity index (χ3n) is 2.86. The molecule has 0 heterocycles. The molecule has 0 spiro atoms. The molecule has 0 aromatic heterocycles. The highest BCUT2D eigenvalue weighted by Crippen LogP contribution is 2.52. The highest BCUT2D eigenvalue weighted by molar-refractivity contribution is 9.11. The molecule has 1 aliphatic rings. The van der Waals surface area contributed by atoms with Gasteiger partial charge in [-0.25, -0.2) is 0 Å². The van der Waals surface area contributed by atoms with Gasteiger partial charge in [0.25, 0.3) is 0 Å². The first-order valence-corrected chi connectivity index (χ1v) is 5.39. The van der Waals surface area contributed by atoms with E-state index in [-0.39, 0.29) is 5.41 Å². The lowest BCUT2D eigenvalue weighted by atomic mass is 9.59. The normalized spacial score (nSPS) is 36.6. The molecule has 0 amide bonds. The third-order valence-corrected chi connectivity index (χ3v) is 3.36. The summed E-state index contributed by atoms with van der Waals surface area (Å²) in [5.41, 5.74) is 1.68. The summed E-state index contributed by atoms with van der Waals surface area (Å²) in [5.74, 6) is 0.569. The molecule has 0 saturated heterocycles. The third kappa shape index (κ3) is 1.35. The highest BCUT2D eigenvalue weighted by atomic mass is 79.9. The van der Waals surface area contributed by atoms with Gasteiger partial charge in [-0.2, -0.15) is 0 Å². The van der Waals surface area contributed by atoms with Crippen LogP contribution in [0.4, 0.5) is 0 Å². The van der Waals surface area contributed by atoms with Crippen LogP contribution >= 0.6 is 15.9 Å². The van der Waals surface area contributed by atoms with Crippen LogP contribution in [0.1, 0.15) is 27.7 Å². The molecule has 0 aromatic rings. The van der Waals surface area contributed by atoms with Crippen LogP contribution in [-0.4, -0.2) is 12.7 Å². The van der Waals surface area contributed by atoms with Gasteiger partial charge in [0.2, 0.25) is 0 Å². The Morgan fingerprint density at radius 1 is 1.58 bits per heavy atom. The number of halogens is 1. The zero-order chi connectivity index (χ0) is 9.35. The second kappa shape index (κ2) is 3.51. The van der Waals surface area contributed by atoms with Gasteiger partial charge in [0.1, 0.15) is 0 Å². The van der Waals surface area contributed by atoms with Gasteiger partial charge in [-0.05, 0) is 17.5 Å². The molecule has 0 aliphatic heterocycles. The Balaban J connectivity index is 2.70. The number of hydrogen-bond donors (Lipinski definition) is 0. The maximum absolute atomic E-state index is 5.68. The van der Waals surface area contributed by atoms with E-state index in [1.165, 1.54) is 5.57 Å². The van der Waals surface area contributed by atoms with Crippen molar-refractivity contribution in [1.82, 2.24) is 0 Å². The smallest absolute Gasteiger partial charge is 0.0726 e. The lowest BCUT2D eigenvalue weighted by molar-refractivity contribution is -0.0814. The Labute approximate surface area is 83.3 Å². The molecular formula is C10H17BrO. The second-order valence-electron chi connectivity index (χ2n) is 3.95. The van der Waals surface area contributed by atoms with Gasteiger partial charge >= 0.3 is 0 Å². The fraction of sp³-hybridized carbons (Fsp3) is 0.800. The average molecular weight is 233 g/mol. The molecule has 0 bridgehead atoms. The van der Waals surface area contributed by atoms with E-state index >= 15 is 0 Å². The van der Waals surface area contributed by atoms with Crippen LogP contribution in [0.15, 0.2) is 10.6 Å². The molecule has 0 unspecified atom stereocenters. The highest BCUT2D eigenvalue weighted by Gasteiger charge is 2.49. The second-order valence-corrected chi connectivity index (χ2v) is 4.41. The molecule has 2 heteroatoms. The predicted octanol–water partition coefficient (Wildman–Crippen LogP) is 3.35. The fourth-order valence-electron chi connectivity index (χ4n) is 2.22. The van der Waals surface area contributed by atoms with Crippen LogP contribution in [0.2, 0.25) is 0 Å². The van der Waals surface area contributed by atoms with Crippen molar-refractivity contribution in [2.24, 2.45) is 11.3 Å². The van der Waals surface area contributed by atoms with Crippen molar-refractivity contribution in [2.75, 3.05) is 6.61 Å². The first-order chi connectivity index (χ1) is 5.55. The Hall–Kier alpha value is 0.180. The molecule has 1 saturated carbocycles. The molecule has 0 aromatic carbocycles. The van der Waals surface area contributed by atoms with Crippen LogP contribution in [0.5, 0.6) is 0 Å². The van der Waals surface area contributed by atoms with Gasteiger partial charge < -0.3 is 4.74 Å². The molecule has 1 aliphatic carbocycles. The van der Waals surface area contributed by atoms with Crippen molar-refractivity contribution < 1.29 is 4.74 Å². The van der Waals surface area contributed by atoms with E-state index in [2.05, 4.69) is 43.6 Å². The summed E-state index contributed by atoms with van der Waals surface area (Å²) in [7, 11) is 0. The molecule has 1 nitrogen and oxygen atoms in total. The fourth-order valence-corrected chi connectivity index (χ4v) is 3.22. The van der Waals surface area contributed by atoms with E-state index in [0.717, 1.165) is 6.61 Å². The number of ether oxygens (including phenoxy) is 1. The molecule has 2 atom stereocenters. The zero-order valence-corrected chi connectivity index (χ0v) is 9.81. The summed E-state index contributed by atoms with van der Waals surface area (Å²) in [5, 5.41) is 0. The van der Waals surface area contributed by atoms with Crippen LogP contribution in [-0.2, 0) is 4.74 Å². The van der Waals surface area contributed by atoms with Gasteiger partial charge in [0.05, 0.1) is 6.10 Å². The minimum Gasteiger partial charge on any atom is -0.377 e. The van der Waals surface area contributed by atoms with Crippen molar-refractivity contribution in [1.29, 1.82) is 0 Å². The molecule has 1 rings (SSSR count). The molecule has 0 radical (unpaired) electrons. The largest absolute Gasteiger partial charge is 0.377 e. The lowest BCUT2D eigenvalue weighted by Gasteiger charge is -2.52. The van der Waals surface area contributed by atoms with Crippen molar-refractivity contribution in [3.8, 4) is 0 Å². The van der Waals surface area contributed by atoms with Gasteiger partial charge in [-0.1, -0.05) is 36.7 Å². The average Bonchev–Trinajstić information content (AvgIpc) is 2.00. The summed E-state index contributed by atoms with van der Waals surface area (Å²) in [6.45, 7) is 9.56. The monoisotopic (exact) mass is 232 g/mol. The summed E-state index contributed by atoms with van der Waals surface area (Å²) < 4.78 is 5.68. The van der Waals surface area contributed by atoms with Gasteiger partial charge in [0.15, 0.2) is 0 Å². The number of rotatable bonds is 2. The standard InChI is InChI=1S/C10H17BrO/c1-5-12-9-7(2)8(6-11)10(9,3)4/h6-7,9H,5H2,1-4H3/b8-6-/t7-,9+/m1/s1. The maximum atomic E-state index is 5.68. The maximum Gasteiger partial charge on any atom is 0.0726 e. The van der Waals surface area contributed by atoms with E-state index in [1.807, 2.05) is 4.99 Å². The van der Waals surface area contributed by atoms with Crippen LogP contribution < -0.4 is 0 Å². The van der Waals surface area contributed by atoms with Crippen LogP contribution in [0, 0.1) is 11.3 Å². The molecule has 0 N–H and O–H groups in total. The number of hydrogen-bond acceptors (Lipinski definition) is 1. The quantitative estimate of drug-likeness (QED) is 0.710. The zero-order valence-electron chi connectivity index (χ0n) is 8.23. The Kier molecular flexibility index (Phi) is 3.00. The Morgan fingerprint density at radius 2 is 2.17 bits per heavy atom. The summed E-state index contributed by atoms with van der Waals surface area (Å²) in [6, 6.07) is 0. The topological polar surface area (TPSA) is 9.23 Å². The van der Waals surface area contributed by atoms with Gasteiger partial charge in [-0.15, -0.1) is 0 Å². The molecule has 12 heavy (non-hydrogen) atoms. The van der Waals surface area contributed by atoms with Crippen LogP contribution in [0.3, 0.4) is 0 Å². The van der Waals surface area contributed by atoms with E-state index < -0.39 is 0 Å². The van der Waals surface area contributed by atoms with Gasteiger partial charge in [-0.3, -0.25) is 0 Å². The van der Waals surface area contributed by atoms with Crippen molar-refractivity contribution >= 4 is 15.9 Å². The molecular weight excluding hydrogens is 216 g/mol. The summed E-state index contributed by atoms with van der Waals surface area (Å²) in [6.07, 6.45) is 0.395. The van der Waals surface area contributed by atoms with Crippen LogP contribution in [0.25, 0.3) is 0 Å². The van der Waals surface area contributed by atoms with E-state index in [0.29, 0.717) is 12.0 Å².